The summed E-state index contributed by atoms with van der Waals surface area (Å²) in [4.78, 5) is 29.0. The average Bonchev–Trinajstić information content (AvgIpc) is 3.23. The van der Waals surface area contributed by atoms with Gasteiger partial charge in [0.25, 0.3) is 5.56 Å². The van der Waals surface area contributed by atoms with Crippen LogP contribution in [0.4, 0.5) is 0 Å². The van der Waals surface area contributed by atoms with Crippen LogP contribution in [0, 0.1) is 0 Å². The zero-order chi connectivity index (χ0) is 20.2. The third-order valence-electron chi connectivity index (χ3n) is 4.63. The van der Waals surface area contributed by atoms with Crippen molar-refractivity contribution in [1.82, 2.24) is 14.7 Å². The molecule has 0 saturated heterocycles. The molecule has 0 spiro atoms. The number of ether oxygens (including phenoxy) is 1. The number of rotatable bonds is 6. The Labute approximate surface area is 166 Å². The molecule has 0 aliphatic carbocycles. The van der Waals surface area contributed by atoms with Crippen molar-refractivity contribution in [3.63, 3.8) is 0 Å². The maximum absolute atomic E-state index is 12.4. The predicted octanol–water partition coefficient (Wildman–Crippen LogP) is 3.26. The van der Waals surface area contributed by atoms with E-state index in [1.807, 2.05) is 36.4 Å². The Bertz CT molecular complexity index is 1210. The van der Waals surface area contributed by atoms with Crippen LogP contribution in [0.25, 0.3) is 22.2 Å². The predicted molar refractivity (Wildman–Crippen MR) is 107 cm³/mol. The van der Waals surface area contributed by atoms with Gasteiger partial charge in [-0.15, -0.1) is 0 Å². The zero-order valence-corrected chi connectivity index (χ0v) is 15.9. The number of fused-ring (bicyclic) bond motifs is 1. The Morgan fingerprint density at radius 1 is 1.10 bits per heavy atom. The van der Waals surface area contributed by atoms with Gasteiger partial charge >= 0.3 is 5.97 Å². The highest BCUT2D eigenvalue weighted by molar-refractivity contribution is 5.77. The summed E-state index contributed by atoms with van der Waals surface area (Å²) in [6.45, 7) is 0.0270. The van der Waals surface area contributed by atoms with E-state index in [2.05, 4.69) is 10.1 Å². The molecule has 0 unspecified atom stereocenters. The Morgan fingerprint density at radius 3 is 2.69 bits per heavy atom. The quantitative estimate of drug-likeness (QED) is 0.471. The Balaban J connectivity index is 1.36. The summed E-state index contributed by atoms with van der Waals surface area (Å²) in [5, 5.41) is 4.49. The number of nitrogens with zero attached hydrogens (tertiary/aromatic N) is 3. The second kappa shape index (κ2) is 8.10. The first kappa shape index (κ1) is 18.6. The molecule has 0 bridgehead atoms. The maximum atomic E-state index is 12.4. The number of carbonyl (C=O) groups excluding carboxylic acids is 1. The van der Waals surface area contributed by atoms with Crippen LogP contribution in [-0.4, -0.2) is 20.7 Å². The first-order valence-corrected chi connectivity index (χ1v) is 9.23. The van der Waals surface area contributed by atoms with E-state index in [0.29, 0.717) is 34.6 Å². The van der Waals surface area contributed by atoms with E-state index in [1.165, 1.54) is 4.57 Å². The van der Waals surface area contributed by atoms with Crippen molar-refractivity contribution in [3.8, 4) is 11.3 Å². The lowest BCUT2D eigenvalue weighted by Gasteiger charge is -2.09. The molecule has 4 aromatic rings. The first-order valence-electron chi connectivity index (χ1n) is 9.23. The number of esters is 1. The molecule has 146 valence electrons. The molecular formula is C22H19N3O4. The van der Waals surface area contributed by atoms with E-state index in [1.54, 1.807) is 31.3 Å². The zero-order valence-electron chi connectivity index (χ0n) is 15.9. The number of hydrogen-bond acceptors (Lipinski definition) is 6. The molecular weight excluding hydrogens is 370 g/mol. The summed E-state index contributed by atoms with van der Waals surface area (Å²) in [6.07, 6.45) is 0.422. The monoisotopic (exact) mass is 389 g/mol. The topological polar surface area (TPSA) is 87.2 Å². The molecule has 2 heterocycles. The number of benzene rings is 2. The summed E-state index contributed by atoms with van der Waals surface area (Å²) < 4.78 is 12.0. The molecule has 0 saturated carbocycles. The van der Waals surface area contributed by atoms with Crippen LogP contribution in [0.5, 0.6) is 0 Å². The molecule has 7 nitrogen and oxygen atoms in total. The molecule has 0 N–H and O–H groups in total. The summed E-state index contributed by atoms with van der Waals surface area (Å²) in [5.41, 5.74) is 1.93. The first-order chi connectivity index (χ1) is 14.1. The van der Waals surface area contributed by atoms with Gasteiger partial charge in [-0.1, -0.05) is 47.6 Å². The van der Waals surface area contributed by atoms with Crippen LogP contribution in [0.15, 0.2) is 70.0 Å². The highest BCUT2D eigenvalue weighted by Gasteiger charge is 2.12. The summed E-state index contributed by atoms with van der Waals surface area (Å²) >= 11 is 0. The van der Waals surface area contributed by atoms with Crippen molar-refractivity contribution in [2.45, 2.75) is 19.4 Å². The van der Waals surface area contributed by atoms with Crippen LogP contribution in [0.1, 0.15) is 17.9 Å². The van der Waals surface area contributed by atoms with E-state index < -0.39 is 5.97 Å². The molecule has 4 rings (SSSR count). The molecule has 0 aliphatic rings. The lowest BCUT2D eigenvalue weighted by atomic mass is 10.2. The summed E-state index contributed by atoms with van der Waals surface area (Å²) in [6, 6.07) is 18.5. The molecule has 2 aromatic carbocycles. The van der Waals surface area contributed by atoms with Gasteiger partial charge in [-0.05, 0) is 12.1 Å². The van der Waals surface area contributed by atoms with Gasteiger partial charge in [-0.3, -0.25) is 14.2 Å². The normalized spacial score (nSPS) is 10.9. The Kier molecular flexibility index (Phi) is 5.20. The number of hydrogen-bond donors (Lipinski definition) is 0. The van der Waals surface area contributed by atoms with E-state index in [9.17, 15) is 9.59 Å². The van der Waals surface area contributed by atoms with E-state index in [4.69, 9.17) is 9.26 Å². The smallest absolute Gasteiger partial charge is 0.306 e. The van der Waals surface area contributed by atoms with Crippen molar-refractivity contribution >= 4 is 16.9 Å². The van der Waals surface area contributed by atoms with Gasteiger partial charge in [0, 0.05) is 25.1 Å². The Morgan fingerprint density at radius 2 is 1.86 bits per heavy atom. The number of carbonyl (C=O) groups is 1. The summed E-state index contributed by atoms with van der Waals surface area (Å²) in [7, 11) is 1.66. The standard InChI is InChI=1S/C22H19N3O4/c1-25-20(23-18-10-6-5-9-17(18)22(25)27)11-12-21(26)28-14-16-13-19(29-24-16)15-7-3-2-4-8-15/h2-10,13H,11-12,14H2,1H3. The highest BCUT2D eigenvalue weighted by atomic mass is 16.5. The van der Waals surface area contributed by atoms with Gasteiger partial charge in [0.2, 0.25) is 0 Å². The summed E-state index contributed by atoms with van der Waals surface area (Å²) in [5.74, 6) is 0.766. The van der Waals surface area contributed by atoms with Crippen molar-refractivity contribution < 1.29 is 14.1 Å². The molecule has 0 fully saturated rings. The molecule has 7 heteroatoms. The number of para-hydroxylation sites is 1. The lowest BCUT2D eigenvalue weighted by Crippen LogP contribution is -2.23. The van der Waals surface area contributed by atoms with Crippen molar-refractivity contribution in [3.05, 3.63) is 82.5 Å². The van der Waals surface area contributed by atoms with Gasteiger partial charge < -0.3 is 9.26 Å². The second-order valence-corrected chi connectivity index (χ2v) is 6.62. The third-order valence-corrected chi connectivity index (χ3v) is 4.63. The minimum atomic E-state index is -0.392. The Hall–Kier alpha value is -3.74. The van der Waals surface area contributed by atoms with Gasteiger partial charge in [0.1, 0.15) is 18.1 Å². The minimum absolute atomic E-state index is 0.0270. The fourth-order valence-corrected chi connectivity index (χ4v) is 3.05. The molecule has 0 atom stereocenters. The van der Waals surface area contributed by atoms with Gasteiger partial charge in [0.05, 0.1) is 17.3 Å². The van der Waals surface area contributed by atoms with Crippen LogP contribution in [0.3, 0.4) is 0 Å². The van der Waals surface area contributed by atoms with Crippen LogP contribution < -0.4 is 5.56 Å². The second-order valence-electron chi connectivity index (χ2n) is 6.62. The van der Waals surface area contributed by atoms with Gasteiger partial charge in [0.15, 0.2) is 5.76 Å². The molecule has 0 radical (unpaired) electrons. The van der Waals surface area contributed by atoms with E-state index in [0.717, 1.165) is 5.56 Å². The van der Waals surface area contributed by atoms with E-state index >= 15 is 0 Å². The van der Waals surface area contributed by atoms with Gasteiger partial charge in [-0.25, -0.2) is 4.98 Å². The minimum Gasteiger partial charge on any atom is -0.459 e. The van der Waals surface area contributed by atoms with E-state index in [-0.39, 0.29) is 18.6 Å². The van der Waals surface area contributed by atoms with Crippen molar-refractivity contribution in [2.75, 3.05) is 0 Å². The largest absolute Gasteiger partial charge is 0.459 e. The van der Waals surface area contributed by atoms with Crippen molar-refractivity contribution in [2.24, 2.45) is 7.05 Å². The van der Waals surface area contributed by atoms with Crippen LogP contribution >= 0.6 is 0 Å². The molecule has 0 amide bonds. The third kappa shape index (κ3) is 4.08. The fourth-order valence-electron chi connectivity index (χ4n) is 3.05. The average molecular weight is 389 g/mol. The van der Waals surface area contributed by atoms with Crippen LogP contribution in [-0.2, 0) is 29.6 Å². The van der Waals surface area contributed by atoms with Crippen LogP contribution in [0.2, 0.25) is 0 Å². The lowest BCUT2D eigenvalue weighted by molar-refractivity contribution is -0.145. The maximum Gasteiger partial charge on any atom is 0.306 e. The highest BCUT2D eigenvalue weighted by Crippen LogP contribution is 2.20. The van der Waals surface area contributed by atoms with Gasteiger partial charge in [-0.2, -0.15) is 0 Å². The number of aromatic nitrogens is 3. The molecule has 2 aromatic heterocycles. The molecule has 29 heavy (non-hydrogen) atoms. The fraction of sp³-hybridized carbons (Fsp3) is 0.182. The SMILES string of the molecule is Cn1c(CCC(=O)OCc2cc(-c3ccccc3)on2)nc2ccccc2c1=O. The number of aryl methyl sites for hydroxylation is 1. The van der Waals surface area contributed by atoms with Crippen molar-refractivity contribution in [1.29, 1.82) is 0 Å². The molecule has 0 aliphatic heterocycles.